The molecule has 0 amide bonds. The van der Waals surface area contributed by atoms with E-state index in [1.807, 2.05) is 0 Å². The first-order valence-electron chi connectivity index (χ1n) is 6.54. The predicted molar refractivity (Wildman–Crippen MR) is 79.3 cm³/mol. The van der Waals surface area contributed by atoms with Crippen LogP contribution in [0.5, 0.6) is 0 Å². The third kappa shape index (κ3) is 6.41. The molecule has 1 aliphatic heterocycles. The van der Waals surface area contributed by atoms with Crippen LogP contribution >= 0.6 is 0 Å². The van der Waals surface area contributed by atoms with E-state index in [-0.39, 0.29) is 0 Å². The van der Waals surface area contributed by atoms with Crippen molar-refractivity contribution < 1.29 is 14.2 Å². The van der Waals surface area contributed by atoms with Gasteiger partial charge >= 0.3 is 128 Å². The van der Waals surface area contributed by atoms with Crippen LogP contribution in [0.15, 0.2) is 24.3 Å². The summed E-state index contributed by atoms with van der Waals surface area (Å²) in [5, 5.41) is 2.30. The van der Waals surface area contributed by atoms with Gasteiger partial charge in [-0.2, -0.15) is 0 Å². The Balaban J connectivity index is 1.87. The molecule has 0 N–H and O–H groups in total. The Morgan fingerprint density at radius 1 is 0.632 bits per heavy atom. The van der Waals surface area contributed by atoms with Gasteiger partial charge in [-0.3, -0.25) is 0 Å². The number of hydrogen-bond donors (Lipinski definition) is 0. The second-order valence-corrected chi connectivity index (χ2v) is 8.75. The van der Waals surface area contributed by atoms with Gasteiger partial charge in [0.25, 0.3) is 0 Å². The molecular formula is C14H20O3Se2. The van der Waals surface area contributed by atoms with Crippen LogP contribution < -0.4 is 8.92 Å². The number of rotatable bonds is 0. The van der Waals surface area contributed by atoms with Crippen molar-refractivity contribution in [2.45, 2.75) is 10.6 Å². The maximum absolute atomic E-state index is 5.58. The second kappa shape index (κ2) is 9.95. The van der Waals surface area contributed by atoms with Crippen molar-refractivity contribution in [2.24, 2.45) is 0 Å². The average molecular weight is 394 g/mol. The predicted octanol–water partition coefficient (Wildman–Crippen LogP) is 0.246. The molecule has 0 atom stereocenters. The van der Waals surface area contributed by atoms with Crippen LogP contribution in [0.3, 0.4) is 0 Å². The summed E-state index contributed by atoms with van der Waals surface area (Å²) in [6, 6.07) is 8.85. The van der Waals surface area contributed by atoms with Crippen LogP contribution in [0, 0.1) is 0 Å². The van der Waals surface area contributed by atoms with Gasteiger partial charge in [0, 0.05) is 0 Å². The average Bonchev–Trinajstić information content (AvgIpc) is 2.45. The summed E-state index contributed by atoms with van der Waals surface area (Å²) in [6.45, 7) is 4.44. The second-order valence-electron chi connectivity index (χ2n) is 3.98. The molecule has 1 heterocycles. The molecule has 3 nitrogen and oxygen atoms in total. The van der Waals surface area contributed by atoms with Crippen LogP contribution in [0.1, 0.15) is 0 Å². The first-order valence-corrected chi connectivity index (χ1v) is 10.7. The summed E-state index contributed by atoms with van der Waals surface area (Å²) in [5.41, 5.74) is 0. The maximum atomic E-state index is 5.58. The number of ether oxygens (including phenoxy) is 3. The molecule has 0 saturated carbocycles. The van der Waals surface area contributed by atoms with Gasteiger partial charge in [-0.05, 0) is 0 Å². The molecule has 2 rings (SSSR count). The Labute approximate surface area is 127 Å². The first-order chi connectivity index (χ1) is 9.47. The zero-order valence-corrected chi connectivity index (χ0v) is 14.4. The summed E-state index contributed by atoms with van der Waals surface area (Å²) in [6.07, 6.45) is 0. The standard InChI is InChI=1S/C14H20O3Se2/c1-2-4-14-13(3-1)18-11-9-16-7-5-15-6-8-17-10-12-19-14/h1-4H,5-12H2. The molecular weight excluding hydrogens is 374 g/mol. The van der Waals surface area contributed by atoms with E-state index in [0.29, 0.717) is 56.3 Å². The van der Waals surface area contributed by atoms with Crippen molar-refractivity contribution in [1.29, 1.82) is 0 Å². The van der Waals surface area contributed by atoms with Gasteiger partial charge in [-0.15, -0.1) is 0 Å². The van der Waals surface area contributed by atoms with E-state index in [1.54, 1.807) is 8.92 Å². The summed E-state index contributed by atoms with van der Waals surface area (Å²) >= 11 is 1.06. The Hall–Kier alpha value is 0.139. The Morgan fingerprint density at radius 3 is 1.53 bits per heavy atom. The molecule has 5 heteroatoms. The molecule has 0 radical (unpaired) electrons. The number of benzene rings is 1. The first kappa shape index (κ1) is 15.5. The fourth-order valence-corrected chi connectivity index (χ4v) is 6.32. The minimum atomic E-state index is 0.528. The van der Waals surface area contributed by atoms with Crippen molar-refractivity contribution >= 4 is 38.8 Å². The van der Waals surface area contributed by atoms with E-state index < -0.39 is 0 Å². The summed E-state index contributed by atoms with van der Waals surface area (Å²) in [5.74, 6) is 0. The van der Waals surface area contributed by atoms with Gasteiger partial charge in [0.1, 0.15) is 0 Å². The molecule has 106 valence electrons. The SMILES string of the molecule is c1ccc2c(c1)[Se]CCOCCOCCOCC[Se]2. The van der Waals surface area contributed by atoms with E-state index in [0.717, 1.165) is 23.9 Å². The van der Waals surface area contributed by atoms with E-state index in [2.05, 4.69) is 24.3 Å². The molecule has 0 fully saturated rings. The molecule has 0 aliphatic carbocycles. The van der Waals surface area contributed by atoms with E-state index in [1.165, 1.54) is 0 Å². The van der Waals surface area contributed by atoms with Crippen molar-refractivity contribution in [1.82, 2.24) is 0 Å². The van der Waals surface area contributed by atoms with Gasteiger partial charge < -0.3 is 0 Å². The zero-order valence-electron chi connectivity index (χ0n) is 11.0. The van der Waals surface area contributed by atoms with Crippen LogP contribution in [0.25, 0.3) is 0 Å². The van der Waals surface area contributed by atoms with E-state index in [9.17, 15) is 0 Å². The van der Waals surface area contributed by atoms with Crippen molar-refractivity contribution in [3.63, 3.8) is 0 Å². The van der Waals surface area contributed by atoms with Crippen LogP contribution in [0.4, 0.5) is 0 Å². The summed E-state index contributed by atoms with van der Waals surface area (Å²) < 4.78 is 19.7. The Kier molecular flexibility index (Phi) is 8.13. The molecule has 1 aromatic carbocycles. The third-order valence-electron chi connectivity index (χ3n) is 2.56. The molecule has 0 saturated heterocycles. The zero-order chi connectivity index (χ0) is 13.2. The molecule has 1 aromatic rings. The van der Waals surface area contributed by atoms with Gasteiger partial charge in [-0.1, -0.05) is 0 Å². The Morgan fingerprint density at radius 2 is 1.05 bits per heavy atom. The van der Waals surface area contributed by atoms with Crippen molar-refractivity contribution in [3.05, 3.63) is 24.3 Å². The fraction of sp³-hybridized carbons (Fsp3) is 0.571. The molecule has 19 heavy (non-hydrogen) atoms. The summed E-state index contributed by atoms with van der Waals surface area (Å²) in [7, 11) is 0. The van der Waals surface area contributed by atoms with Crippen LogP contribution in [-0.4, -0.2) is 69.6 Å². The normalized spacial score (nSPS) is 20.0. The molecule has 0 aromatic heterocycles. The van der Waals surface area contributed by atoms with Gasteiger partial charge in [-0.25, -0.2) is 0 Å². The fourth-order valence-electron chi connectivity index (χ4n) is 1.65. The molecule has 0 spiro atoms. The van der Waals surface area contributed by atoms with E-state index >= 15 is 0 Å². The van der Waals surface area contributed by atoms with Gasteiger partial charge in [0.2, 0.25) is 0 Å². The monoisotopic (exact) mass is 396 g/mol. The van der Waals surface area contributed by atoms with Crippen LogP contribution in [0.2, 0.25) is 10.6 Å². The van der Waals surface area contributed by atoms with Crippen LogP contribution in [-0.2, 0) is 14.2 Å². The quantitative estimate of drug-likeness (QED) is 0.591. The number of hydrogen-bond acceptors (Lipinski definition) is 3. The topological polar surface area (TPSA) is 27.7 Å². The molecule has 0 bridgehead atoms. The van der Waals surface area contributed by atoms with Gasteiger partial charge in [0.15, 0.2) is 0 Å². The number of fused-ring (bicyclic) bond motifs is 1. The molecule has 0 unspecified atom stereocenters. The van der Waals surface area contributed by atoms with Crippen molar-refractivity contribution in [3.8, 4) is 0 Å². The summed E-state index contributed by atoms with van der Waals surface area (Å²) in [4.78, 5) is 0. The van der Waals surface area contributed by atoms with Crippen molar-refractivity contribution in [2.75, 3.05) is 39.6 Å². The third-order valence-corrected chi connectivity index (χ3v) is 7.57. The van der Waals surface area contributed by atoms with Gasteiger partial charge in [0.05, 0.1) is 0 Å². The minimum absolute atomic E-state index is 0.528. The Bertz CT molecular complexity index is 327. The molecule has 1 aliphatic rings. The van der Waals surface area contributed by atoms with E-state index in [4.69, 9.17) is 14.2 Å².